The number of alkyl halides is 3. The predicted molar refractivity (Wildman–Crippen MR) is 70.0 cm³/mol. The van der Waals surface area contributed by atoms with Crippen LogP contribution in [0.1, 0.15) is 18.4 Å². The number of nitrogens with zero attached hydrogens (tertiary/aromatic N) is 1. The van der Waals surface area contributed by atoms with Gasteiger partial charge in [0.2, 0.25) is 10.0 Å². The van der Waals surface area contributed by atoms with Crippen LogP contribution in [0.2, 0.25) is 0 Å². The minimum Gasteiger partial charge on any atom is -0.393 e. The van der Waals surface area contributed by atoms with Gasteiger partial charge < -0.3 is 5.11 Å². The van der Waals surface area contributed by atoms with Crippen LogP contribution in [0.3, 0.4) is 0 Å². The zero-order valence-corrected chi connectivity index (χ0v) is 12.2. The van der Waals surface area contributed by atoms with Gasteiger partial charge in [-0.25, -0.2) is 12.7 Å². The highest BCUT2D eigenvalue weighted by Gasteiger charge is 2.39. The third-order valence-corrected chi connectivity index (χ3v) is 5.49. The number of halogens is 3. The summed E-state index contributed by atoms with van der Waals surface area (Å²) in [6.45, 7) is 0.103. The lowest BCUT2D eigenvalue weighted by atomic mass is 9.82. The summed E-state index contributed by atoms with van der Waals surface area (Å²) in [6, 6.07) is 4.14. The third-order valence-electron chi connectivity index (χ3n) is 3.61. The fourth-order valence-corrected chi connectivity index (χ4v) is 3.86. The maximum absolute atomic E-state index is 12.9. The minimum atomic E-state index is -4.73. The van der Waals surface area contributed by atoms with E-state index in [1.54, 1.807) is 0 Å². The van der Waals surface area contributed by atoms with Crippen LogP contribution < -0.4 is 0 Å². The van der Waals surface area contributed by atoms with Gasteiger partial charge in [0.15, 0.2) is 0 Å². The molecule has 1 aromatic carbocycles. The SMILES string of the molecule is CN(CC1CC(O)C1)S(=O)(=O)c1ccccc1C(F)(F)F. The Morgan fingerprint density at radius 1 is 1.29 bits per heavy atom. The first kappa shape index (κ1) is 16.3. The monoisotopic (exact) mass is 323 g/mol. The van der Waals surface area contributed by atoms with Crippen molar-refractivity contribution in [3.8, 4) is 0 Å². The van der Waals surface area contributed by atoms with Gasteiger partial charge in [0, 0.05) is 13.6 Å². The molecular weight excluding hydrogens is 307 g/mol. The van der Waals surface area contributed by atoms with Crippen molar-refractivity contribution in [2.24, 2.45) is 5.92 Å². The fraction of sp³-hybridized carbons (Fsp3) is 0.538. The smallest absolute Gasteiger partial charge is 0.393 e. The Kier molecular flexibility index (Phi) is 4.32. The Balaban J connectivity index is 2.27. The zero-order chi connectivity index (χ0) is 15.8. The van der Waals surface area contributed by atoms with Crippen LogP contribution >= 0.6 is 0 Å². The number of aliphatic hydroxyl groups is 1. The van der Waals surface area contributed by atoms with E-state index in [0.29, 0.717) is 12.8 Å². The summed E-state index contributed by atoms with van der Waals surface area (Å²) in [4.78, 5) is -0.736. The summed E-state index contributed by atoms with van der Waals surface area (Å²) in [7, 11) is -2.95. The summed E-state index contributed by atoms with van der Waals surface area (Å²) in [5.74, 6) is -0.0159. The molecule has 1 fully saturated rings. The lowest BCUT2D eigenvalue weighted by Gasteiger charge is -2.34. The second-order valence-electron chi connectivity index (χ2n) is 5.27. The molecule has 8 heteroatoms. The molecule has 0 heterocycles. The Bertz CT molecular complexity index is 609. The van der Waals surface area contributed by atoms with Crippen molar-refractivity contribution in [3.63, 3.8) is 0 Å². The Hall–Kier alpha value is -1.12. The van der Waals surface area contributed by atoms with Gasteiger partial charge in [-0.05, 0) is 30.9 Å². The van der Waals surface area contributed by atoms with E-state index in [1.807, 2.05) is 0 Å². The van der Waals surface area contributed by atoms with Gasteiger partial charge in [0.1, 0.15) is 0 Å². The fourth-order valence-electron chi connectivity index (χ4n) is 2.40. The normalized spacial score (nSPS) is 23.1. The van der Waals surface area contributed by atoms with Crippen molar-refractivity contribution in [2.75, 3.05) is 13.6 Å². The molecule has 0 atom stereocenters. The summed E-state index contributed by atoms with van der Waals surface area (Å²) in [5, 5.41) is 9.19. The highest BCUT2D eigenvalue weighted by Crippen LogP contribution is 2.36. The van der Waals surface area contributed by atoms with Crippen LogP contribution in [0.4, 0.5) is 13.2 Å². The quantitative estimate of drug-likeness (QED) is 0.923. The number of sulfonamides is 1. The average Bonchev–Trinajstić information content (AvgIpc) is 2.35. The van der Waals surface area contributed by atoms with Crippen LogP contribution in [-0.4, -0.2) is 37.5 Å². The van der Waals surface area contributed by atoms with Crippen LogP contribution in [0, 0.1) is 5.92 Å². The van der Waals surface area contributed by atoms with Crippen molar-refractivity contribution in [2.45, 2.75) is 30.0 Å². The van der Waals surface area contributed by atoms with Crippen LogP contribution in [0.5, 0.6) is 0 Å². The van der Waals surface area contributed by atoms with Crippen molar-refractivity contribution < 1.29 is 26.7 Å². The number of rotatable bonds is 4. The molecule has 0 spiro atoms. The first-order chi connectivity index (χ1) is 9.62. The van der Waals surface area contributed by atoms with E-state index in [0.717, 1.165) is 22.5 Å². The van der Waals surface area contributed by atoms with Crippen molar-refractivity contribution >= 4 is 10.0 Å². The molecule has 1 N–H and O–H groups in total. The number of hydrogen-bond donors (Lipinski definition) is 1. The lowest BCUT2D eigenvalue weighted by molar-refractivity contribution is -0.139. The molecule has 118 valence electrons. The molecule has 0 aromatic heterocycles. The molecule has 1 aliphatic rings. The number of hydrogen-bond acceptors (Lipinski definition) is 3. The third kappa shape index (κ3) is 3.38. The lowest BCUT2D eigenvalue weighted by Crippen LogP contribution is -2.39. The molecule has 0 radical (unpaired) electrons. The first-order valence-corrected chi connectivity index (χ1v) is 7.87. The number of aliphatic hydroxyl groups excluding tert-OH is 1. The standard InChI is InChI=1S/C13H16F3NO3S/c1-17(8-9-6-10(18)7-9)21(19,20)12-5-3-2-4-11(12)13(14,15)16/h2-5,9-10,18H,6-8H2,1H3. The summed E-state index contributed by atoms with van der Waals surface area (Å²) in [6.07, 6.45) is -4.22. The zero-order valence-electron chi connectivity index (χ0n) is 11.3. The average molecular weight is 323 g/mol. The van der Waals surface area contributed by atoms with Gasteiger partial charge in [-0.15, -0.1) is 0 Å². The molecule has 0 saturated heterocycles. The molecular formula is C13H16F3NO3S. The molecule has 0 unspecified atom stereocenters. The van der Waals surface area contributed by atoms with Crippen LogP contribution in [0.15, 0.2) is 29.2 Å². The molecule has 21 heavy (non-hydrogen) atoms. The minimum absolute atomic E-state index is 0.0159. The Labute approximate surface area is 121 Å². The van der Waals surface area contributed by atoms with E-state index in [4.69, 9.17) is 0 Å². The molecule has 1 aromatic rings. The van der Waals surface area contributed by atoms with Crippen LogP contribution in [0.25, 0.3) is 0 Å². The molecule has 1 saturated carbocycles. The highest BCUT2D eigenvalue weighted by molar-refractivity contribution is 7.89. The summed E-state index contributed by atoms with van der Waals surface area (Å²) < 4.78 is 64.3. The number of benzene rings is 1. The maximum Gasteiger partial charge on any atom is 0.417 e. The Morgan fingerprint density at radius 2 is 1.86 bits per heavy atom. The largest absolute Gasteiger partial charge is 0.417 e. The van der Waals surface area contributed by atoms with E-state index in [9.17, 15) is 26.7 Å². The summed E-state index contributed by atoms with van der Waals surface area (Å²) >= 11 is 0. The second kappa shape index (κ2) is 5.58. The topological polar surface area (TPSA) is 57.6 Å². The second-order valence-corrected chi connectivity index (χ2v) is 7.28. The maximum atomic E-state index is 12.9. The first-order valence-electron chi connectivity index (χ1n) is 6.43. The van der Waals surface area contributed by atoms with Crippen molar-refractivity contribution in [1.29, 1.82) is 0 Å². The summed E-state index contributed by atoms with van der Waals surface area (Å²) in [5.41, 5.74) is -1.16. The Morgan fingerprint density at radius 3 is 2.38 bits per heavy atom. The molecule has 0 amide bonds. The van der Waals surface area contributed by atoms with Gasteiger partial charge >= 0.3 is 6.18 Å². The molecule has 2 rings (SSSR count). The van der Waals surface area contributed by atoms with Crippen molar-refractivity contribution in [1.82, 2.24) is 4.31 Å². The molecule has 0 bridgehead atoms. The van der Waals surface area contributed by atoms with Gasteiger partial charge in [0.05, 0.1) is 16.6 Å². The van der Waals surface area contributed by atoms with E-state index < -0.39 is 32.8 Å². The van der Waals surface area contributed by atoms with E-state index in [2.05, 4.69) is 0 Å². The van der Waals surface area contributed by atoms with Crippen molar-refractivity contribution in [3.05, 3.63) is 29.8 Å². The molecule has 4 nitrogen and oxygen atoms in total. The van der Waals surface area contributed by atoms with E-state index in [1.165, 1.54) is 13.1 Å². The van der Waals surface area contributed by atoms with Gasteiger partial charge in [0.25, 0.3) is 0 Å². The van der Waals surface area contributed by atoms with Crippen LogP contribution in [-0.2, 0) is 16.2 Å². The predicted octanol–water partition coefficient (Wildman–Crippen LogP) is 2.10. The van der Waals surface area contributed by atoms with E-state index >= 15 is 0 Å². The van der Waals surface area contributed by atoms with Gasteiger partial charge in [-0.1, -0.05) is 12.1 Å². The molecule has 0 aliphatic heterocycles. The highest BCUT2D eigenvalue weighted by atomic mass is 32.2. The van der Waals surface area contributed by atoms with Gasteiger partial charge in [-0.2, -0.15) is 13.2 Å². The van der Waals surface area contributed by atoms with E-state index in [-0.39, 0.29) is 12.5 Å². The van der Waals surface area contributed by atoms with Gasteiger partial charge in [-0.3, -0.25) is 0 Å². The molecule has 1 aliphatic carbocycles.